The van der Waals surface area contributed by atoms with E-state index in [0.29, 0.717) is 18.5 Å². The molecule has 2 aromatic rings. The van der Waals surface area contributed by atoms with E-state index in [4.69, 9.17) is 0 Å². The molecular weight excluding hydrogens is 316 g/mol. The Kier molecular flexibility index (Phi) is 4.03. The largest absolute Gasteiger partial charge is 0.347 e. The van der Waals surface area contributed by atoms with Crippen LogP contribution in [0.25, 0.3) is 0 Å². The Hall–Kier alpha value is -2.63. The van der Waals surface area contributed by atoms with Gasteiger partial charge in [-0.1, -0.05) is 6.92 Å². The fraction of sp³-hybridized carbons (Fsp3) is 0.421. The molecule has 1 aromatic carbocycles. The van der Waals surface area contributed by atoms with Crippen LogP contribution in [0.2, 0.25) is 0 Å². The van der Waals surface area contributed by atoms with Crippen LogP contribution in [0, 0.1) is 0 Å². The molecule has 1 N–H and O–H groups in total. The minimum Gasteiger partial charge on any atom is -0.347 e. The van der Waals surface area contributed by atoms with Gasteiger partial charge in [-0.3, -0.25) is 9.59 Å². The third kappa shape index (κ3) is 2.92. The van der Waals surface area contributed by atoms with Gasteiger partial charge in [-0.15, -0.1) is 0 Å². The lowest BCUT2D eigenvalue weighted by molar-refractivity contribution is -0.118. The first kappa shape index (κ1) is 15.9. The van der Waals surface area contributed by atoms with Crippen molar-refractivity contribution >= 4 is 17.5 Å². The Morgan fingerprint density at radius 2 is 2.20 bits per heavy atom. The van der Waals surface area contributed by atoms with Crippen molar-refractivity contribution in [3.8, 4) is 0 Å². The van der Waals surface area contributed by atoms with E-state index in [1.54, 1.807) is 0 Å². The zero-order chi connectivity index (χ0) is 17.4. The van der Waals surface area contributed by atoms with Gasteiger partial charge >= 0.3 is 0 Å². The second kappa shape index (κ2) is 6.35. The van der Waals surface area contributed by atoms with E-state index in [-0.39, 0.29) is 17.9 Å². The summed E-state index contributed by atoms with van der Waals surface area (Å²) in [7, 11) is 0. The minimum absolute atomic E-state index is 0.0448. The monoisotopic (exact) mass is 338 g/mol. The van der Waals surface area contributed by atoms with Crippen molar-refractivity contribution in [1.82, 2.24) is 14.9 Å². The number of carbonyl (C=O) groups excluding carboxylic acids is 2. The SMILES string of the molecule is CCC(=O)N1CCc2cc(C(=O)N[C@@H]3CCc4nccn4C3)ccc21. The molecule has 0 fully saturated rings. The quantitative estimate of drug-likeness (QED) is 0.930. The van der Waals surface area contributed by atoms with Crippen LogP contribution in [0.15, 0.2) is 30.6 Å². The van der Waals surface area contributed by atoms with Crippen molar-refractivity contribution in [2.45, 2.75) is 45.2 Å². The van der Waals surface area contributed by atoms with E-state index in [1.807, 2.05) is 42.4 Å². The summed E-state index contributed by atoms with van der Waals surface area (Å²) in [5, 5.41) is 3.13. The summed E-state index contributed by atoms with van der Waals surface area (Å²) in [6.07, 6.45) is 6.87. The highest BCUT2D eigenvalue weighted by Gasteiger charge is 2.25. The number of carbonyl (C=O) groups is 2. The maximum atomic E-state index is 12.6. The van der Waals surface area contributed by atoms with Crippen LogP contribution in [0.1, 0.15) is 41.5 Å². The van der Waals surface area contributed by atoms with Gasteiger partial charge in [0.25, 0.3) is 5.91 Å². The first-order valence-electron chi connectivity index (χ1n) is 8.90. The number of rotatable bonds is 3. The zero-order valence-electron chi connectivity index (χ0n) is 14.4. The molecule has 2 aliphatic heterocycles. The van der Waals surface area contributed by atoms with Crippen molar-refractivity contribution in [2.75, 3.05) is 11.4 Å². The van der Waals surface area contributed by atoms with Crippen molar-refractivity contribution in [1.29, 1.82) is 0 Å². The number of nitrogens with zero attached hydrogens (tertiary/aromatic N) is 3. The second-order valence-electron chi connectivity index (χ2n) is 6.70. The van der Waals surface area contributed by atoms with Crippen LogP contribution in [-0.4, -0.2) is 34.0 Å². The fourth-order valence-corrected chi connectivity index (χ4v) is 3.75. The first-order valence-corrected chi connectivity index (χ1v) is 8.90. The van der Waals surface area contributed by atoms with Gasteiger partial charge in [-0.25, -0.2) is 4.98 Å². The van der Waals surface area contributed by atoms with Crippen molar-refractivity contribution in [3.05, 3.63) is 47.5 Å². The van der Waals surface area contributed by atoms with Crippen molar-refractivity contribution in [3.63, 3.8) is 0 Å². The van der Waals surface area contributed by atoms with Gasteiger partial charge in [-0.05, 0) is 36.6 Å². The number of nitrogens with one attached hydrogen (secondary N) is 1. The summed E-state index contributed by atoms with van der Waals surface area (Å²) >= 11 is 0. The van der Waals surface area contributed by atoms with Gasteiger partial charge in [0.1, 0.15) is 5.82 Å². The standard InChI is InChI=1S/C19H22N4O2/c1-2-18(24)23-9-7-13-11-14(3-5-16(13)23)19(25)21-15-4-6-17-20-8-10-22(17)12-15/h3,5,8,10-11,15H,2,4,6-7,9,12H2,1H3,(H,21,25)/t15-/m1/s1. The maximum absolute atomic E-state index is 12.6. The number of aryl methyl sites for hydroxylation is 1. The molecule has 130 valence electrons. The minimum atomic E-state index is -0.0448. The lowest BCUT2D eigenvalue weighted by Crippen LogP contribution is -2.40. The van der Waals surface area contributed by atoms with Crippen LogP contribution in [0.5, 0.6) is 0 Å². The summed E-state index contributed by atoms with van der Waals surface area (Å²) < 4.78 is 2.10. The third-order valence-corrected chi connectivity index (χ3v) is 5.11. The third-order valence-electron chi connectivity index (χ3n) is 5.11. The van der Waals surface area contributed by atoms with Gasteiger partial charge in [0.05, 0.1) is 0 Å². The maximum Gasteiger partial charge on any atom is 0.251 e. The Morgan fingerprint density at radius 1 is 1.32 bits per heavy atom. The molecule has 0 unspecified atom stereocenters. The van der Waals surface area contributed by atoms with Gasteiger partial charge in [0.2, 0.25) is 5.91 Å². The van der Waals surface area contributed by atoms with Crippen LogP contribution in [0.4, 0.5) is 5.69 Å². The number of hydrogen-bond acceptors (Lipinski definition) is 3. The van der Waals surface area contributed by atoms with Gasteiger partial charge < -0.3 is 14.8 Å². The molecule has 3 heterocycles. The second-order valence-corrected chi connectivity index (χ2v) is 6.70. The van der Waals surface area contributed by atoms with Gasteiger partial charge in [0, 0.05) is 55.6 Å². The molecule has 0 aliphatic carbocycles. The molecule has 1 aromatic heterocycles. The fourth-order valence-electron chi connectivity index (χ4n) is 3.75. The molecule has 6 heteroatoms. The molecule has 0 spiro atoms. The highest BCUT2D eigenvalue weighted by Crippen LogP contribution is 2.29. The number of benzene rings is 1. The van der Waals surface area contributed by atoms with Crippen molar-refractivity contribution in [2.24, 2.45) is 0 Å². The highest BCUT2D eigenvalue weighted by atomic mass is 16.2. The van der Waals surface area contributed by atoms with E-state index < -0.39 is 0 Å². The summed E-state index contributed by atoms with van der Waals surface area (Å²) in [4.78, 5) is 30.7. The molecule has 0 saturated heterocycles. The van der Waals surface area contributed by atoms with Crippen LogP contribution < -0.4 is 10.2 Å². The lowest BCUT2D eigenvalue weighted by atomic mass is 10.0. The Balaban J connectivity index is 1.46. The molecule has 4 rings (SSSR count). The summed E-state index contributed by atoms with van der Waals surface area (Å²) in [6, 6.07) is 5.78. The van der Waals surface area contributed by atoms with E-state index in [9.17, 15) is 9.59 Å². The lowest BCUT2D eigenvalue weighted by Gasteiger charge is -2.25. The first-order chi connectivity index (χ1) is 12.2. The number of amides is 2. The average molecular weight is 338 g/mol. The van der Waals surface area contributed by atoms with Crippen LogP contribution in [0.3, 0.4) is 0 Å². The molecule has 0 radical (unpaired) electrons. The smallest absolute Gasteiger partial charge is 0.251 e. The molecule has 0 bridgehead atoms. The Bertz CT molecular complexity index is 827. The normalized spacial score (nSPS) is 18.6. The van der Waals surface area contributed by atoms with E-state index in [2.05, 4.69) is 14.9 Å². The summed E-state index contributed by atoms with van der Waals surface area (Å²) in [6.45, 7) is 3.35. The predicted molar refractivity (Wildman–Crippen MR) is 94.6 cm³/mol. The number of fused-ring (bicyclic) bond motifs is 2. The molecule has 6 nitrogen and oxygen atoms in total. The summed E-state index contributed by atoms with van der Waals surface area (Å²) in [5.74, 6) is 1.18. The summed E-state index contributed by atoms with van der Waals surface area (Å²) in [5.41, 5.74) is 2.69. The van der Waals surface area contributed by atoms with Crippen LogP contribution in [-0.2, 0) is 24.2 Å². The van der Waals surface area contributed by atoms with E-state index in [1.165, 1.54) is 0 Å². The molecule has 2 amide bonds. The number of hydrogen-bond donors (Lipinski definition) is 1. The van der Waals surface area contributed by atoms with Crippen molar-refractivity contribution < 1.29 is 9.59 Å². The Labute approximate surface area is 146 Å². The Morgan fingerprint density at radius 3 is 3.04 bits per heavy atom. The molecule has 0 saturated carbocycles. The molecule has 25 heavy (non-hydrogen) atoms. The number of aromatic nitrogens is 2. The van der Waals surface area contributed by atoms with Gasteiger partial charge in [0.15, 0.2) is 0 Å². The van der Waals surface area contributed by atoms with Gasteiger partial charge in [-0.2, -0.15) is 0 Å². The molecule has 2 aliphatic rings. The predicted octanol–water partition coefficient (Wildman–Crippen LogP) is 1.93. The highest BCUT2D eigenvalue weighted by molar-refractivity contribution is 5.98. The van der Waals surface area contributed by atoms with Crippen LogP contribution >= 0.6 is 0 Å². The molecular formula is C19H22N4O2. The van der Waals surface area contributed by atoms with E-state index in [0.717, 1.165) is 42.9 Å². The number of anilines is 1. The molecule has 1 atom stereocenters. The number of imidazole rings is 1. The van der Waals surface area contributed by atoms with E-state index >= 15 is 0 Å². The topological polar surface area (TPSA) is 67.2 Å². The zero-order valence-corrected chi connectivity index (χ0v) is 14.4. The average Bonchev–Trinajstić information content (AvgIpc) is 3.26.